The molecule has 7 heteroatoms. The van der Waals surface area contributed by atoms with E-state index in [1.54, 1.807) is 0 Å². The van der Waals surface area contributed by atoms with E-state index >= 15 is 0 Å². The van der Waals surface area contributed by atoms with Crippen molar-refractivity contribution in [1.29, 1.82) is 0 Å². The molecule has 0 aliphatic heterocycles. The molecule has 0 aromatic rings. The number of rotatable bonds is 11. The fourth-order valence-electron chi connectivity index (χ4n) is 0.594. The summed E-state index contributed by atoms with van der Waals surface area (Å²) in [4.78, 5) is 14.5. The van der Waals surface area contributed by atoms with Crippen LogP contribution in [0.1, 0.15) is 19.8 Å². The van der Waals surface area contributed by atoms with E-state index in [0.717, 1.165) is 12.8 Å². The van der Waals surface area contributed by atoms with Gasteiger partial charge in [0.2, 0.25) is 0 Å². The summed E-state index contributed by atoms with van der Waals surface area (Å²) in [6.45, 7) is 2.76. The fraction of sp³-hybridized carbons (Fsp3) is 0.875. The quantitative estimate of drug-likeness (QED) is 0.183. The normalized spacial score (nSPS) is 10.7. The van der Waals surface area contributed by atoms with E-state index in [1.165, 1.54) is 0 Å². The Balaban J connectivity index is 2.97. The number of unbranched alkanes of at least 4 members (excludes halogenated alkanes) is 1. The first kappa shape index (κ1) is 13.9. The molecule has 0 aliphatic carbocycles. The first-order chi connectivity index (χ1) is 7.41. The predicted molar refractivity (Wildman–Crippen MR) is 51.7 cm³/mol. The maximum atomic E-state index is 9.81. The number of hydrogen-bond donors (Lipinski definition) is 1. The topological polar surface area (TPSA) is 81.5 Å². The Morgan fingerprint density at radius 1 is 1.33 bits per heavy atom. The molecule has 0 bridgehead atoms. The van der Waals surface area contributed by atoms with Crippen LogP contribution in [0, 0.1) is 0 Å². The first-order valence-electron chi connectivity index (χ1n) is 4.74. The lowest BCUT2D eigenvalue weighted by molar-refractivity contribution is -0.158. The molecule has 0 radical (unpaired) electrons. The van der Waals surface area contributed by atoms with Crippen LogP contribution in [0.3, 0.4) is 0 Å². The molecule has 0 aromatic carbocycles. The molecule has 0 saturated carbocycles. The van der Waals surface area contributed by atoms with Gasteiger partial charge in [0, 0.05) is 0 Å². The average Bonchev–Trinajstić information content (AvgIpc) is 2.26. The smallest absolute Gasteiger partial charge is 0.177 e. The fourth-order valence-corrected chi connectivity index (χ4v) is 0.594. The zero-order valence-electron chi connectivity index (χ0n) is 8.85. The van der Waals surface area contributed by atoms with Gasteiger partial charge in [-0.1, -0.05) is 18.6 Å². The Labute approximate surface area is 88.7 Å². The van der Waals surface area contributed by atoms with E-state index in [4.69, 9.17) is 14.3 Å². The van der Waals surface area contributed by atoms with Gasteiger partial charge in [0.25, 0.3) is 0 Å². The Morgan fingerprint density at radius 2 is 2.20 bits per heavy atom. The van der Waals surface area contributed by atoms with Gasteiger partial charge in [0.05, 0.1) is 6.54 Å². The molecule has 0 spiro atoms. The molecular weight excluding hydrogens is 202 g/mol. The van der Waals surface area contributed by atoms with E-state index in [2.05, 4.69) is 22.9 Å². The monoisotopic (exact) mass is 219 g/mol. The molecule has 0 aliphatic rings. The Hall–Kier alpha value is -1.05. The van der Waals surface area contributed by atoms with E-state index in [1.807, 2.05) is 0 Å². The van der Waals surface area contributed by atoms with E-state index < -0.39 is 0 Å². The lowest BCUT2D eigenvalue weighted by atomic mass is 10.3. The maximum Gasteiger partial charge on any atom is 0.177 e. The van der Waals surface area contributed by atoms with Gasteiger partial charge in [-0.2, -0.15) is 10.7 Å². The average molecular weight is 219 g/mol. The molecule has 15 heavy (non-hydrogen) atoms. The van der Waals surface area contributed by atoms with Crippen LogP contribution in [-0.4, -0.2) is 33.0 Å². The van der Waals surface area contributed by atoms with Gasteiger partial charge in [0.15, 0.2) is 6.79 Å². The molecule has 0 rings (SSSR count). The van der Waals surface area contributed by atoms with Crippen molar-refractivity contribution in [2.45, 2.75) is 19.8 Å². The number of ether oxygens (including phenoxy) is 2. The molecule has 0 aromatic heterocycles. The van der Waals surface area contributed by atoms with Crippen LogP contribution >= 0.6 is 0 Å². The molecule has 0 unspecified atom stereocenters. The molecule has 0 amide bonds. The van der Waals surface area contributed by atoms with Gasteiger partial charge in [-0.25, -0.2) is 4.84 Å². The van der Waals surface area contributed by atoms with Crippen molar-refractivity contribution in [3.63, 3.8) is 0 Å². The Morgan fingerprint density at radius 3 is 2.93 bits per heavy atom. The molecule has 1 N–H and O–H groups in total. The van der Waals surface area contributed by atoms with E-state index in [9.17, 15) is 4.79 Å². The highest BCUT2D eigenvalue weighted by Gasteiger charge is 1.86. The van der Waals surface area contributed by atoms with Gasteiger partial charge < -0.3 is 14.3 Å². The minimum Gasteiger partial charge on any atom is -0.348 e. The van der Waals surface area contributed by atoms with Crippen molar-refractivity contribution in [2.24, 2.45) is 10.3 Å². The largest absolute Gasteiger partial charge is 0.348 e. The number of carbonyl (C=O) groups excluding carboxylic acids is 1. The minimum absolute atomic E-state index is 0.00734. The van der Waals surface area contributed by atoms with E-state index in [0.29, 0.717) is 12.8 Å². The summed E-state index contributed by atoms with van der Waals surface area (Å²) in [5, 5.41) is 7.28. The number of nitrogens with zero attached hydrogens (tertiary/aromatic N) is 2. The number of carbonyl (C=O) groups is 1. The maximum absolute atomic E-state index is 9.81. The van der Waals surface area contributed by atoms with Gasteiger partial charge in [-0.15, -0.1) is 0 Å². The zero-order chi connectivity index (χ0) is 11.2. The number of hydrogen-bond acceptors (Lipinski definition) is 6. The van der Waals surface area contributed by atoms with Crippen molar-refractivity contribution in [3.05, 3.63) is 0 Å². The molecule has 0 saturated heterocycles. The summed E-state index contributed by atoms with van der Waals surface area (Å²) >= 11 is 0. The second kappa shape index (κ2) is 12.9. The molecular formula is C8H17N3O4. The van der Waals surface area contributed by atoms with Crippen LogP contribution < -0.4 is 5.59 Å². The Kier molecular flexibility index (Phi) is 12.0. The SMILES string of the molecule is CCCCN=NNOCOCOCC=O. The third-order valence-corrected chi connectivity index (χ3v) is 1.28. The third-order valence-electron chi connectivity index (χ3n) is 1.28. The summed E-state index contributed by atoms with van der Waals surface area (Å²) < 4.78 is 9.49. The highest BCUT2D eigenvalue weighted by atomic mass is 16.8. The van der Waals surface area contributed by atoms with E-state index in [-0.39, 0.29) is 20.2 Å². The third kappa shape index (κ3) is 12.9. The molecule has 7 nitrogen and oxygen atoms in total. The molecule has 0 heterocycles. The van der Waals surface area contributed by atoms with Crippen molar-refractivity contribution < 1.29 is 19.1 Å². The zero-order valence-corrected chi connectivity index (χ0v) is 8.85. The lowest BCUT2D eigenvalue weighted by Gasteiger charge is -2.02. The first-order valence-corrected chi connectivity index (χ1v) is 4.74. The van der Waals surface area contributed by atoms with Gasteiger partial charge in [0.1, 0.15) is 19.7 Å². The van der Waals surface area contributed by atoms with Crippen molar-refractivity contribution in [1.82, 2.24) is 5.59 Å². The summed E-state index contributed by atoms with van der Waals surface area (Å²) in [6, 6.07) is 0. The summed E-state index contributed by atoms with van der Waals surface area (Å²) in [6.07, 6.45) is 2.72. The van der Waals surface area contributed by atoms with Crippen LogP contribution in [0.2, 0.25) is 0 Å². The molecule has 88 valence electrons. The summed E-state index contributed by atoms with van der Waals surface area (Å²) in [7, 11) is 0. The lowest BCUT2D eigenvalue weighted by Crippen LogP contribution is -2.12. The number of aldehydes is 1. The summed E-state index contributed by atoms with van der Waals surface area (Å²) in [5.74, 6) is 0. The predicted octanol–water partition coefficient (Wildman–Crippen LogP) is 0.822. The van der Waals surface area contributed by atoms with Gasteiger partial charge >= 0.3 is 0 Å². The van der Waals surface area contributed by atoms with Crippen LogP contribution in [-0.2, 0) is 19.1 Å². The standard InChI is InChI=1S/C8H17N3O4/c1-2-3-4-9-10-11-15-8-14-7-13-6-5-12/h5H,2-4,6-8H2,1H3,(H,9,11). The van der Waals surface area contributed by atoms with Crippen LogP contribution in [0.4, 0.5) is 0 Å². The number of nitrogens with one attached hydrogen (secondary N) is 1. The van der Waals surface area contributed by atoms with Crippen molar-refractivity contribution >= 4 is 6.29 Å². The second-order valence-corrected chi connectivity index (χ2v) is 2.53. The highest BCUT2D eigenvalue weighted by molar-refractivity contribution is 5.50. The van der Waals surface area contributed by atoms with Gasteiger partial charge in [-0.05, 0) is 6.42 Å². The minimum atomic E-state index is -0.0222. The second-order valence-electron chi connectivity index (χ2n) is 2.53. The van der Waals surface area contributed by atoms with Gasteiger partial charge in [-0.3, -0.25) is 0 Å². The van der Waals surface area contributed by atoms with Crippen LogP contribution in [0.5, 0.6) is 0 Å². The van der Waals surface area contributed by atoms with Crippen LogP contribution in [0.15, 0.2) is 10.3 Å². The van der Waals surface area contributed by atoms with Crippen molar-refractivity contribution in [2.75, 3.05) is 26.7 Å². The molecule has 0 fully saturated rings. The highest BCUT2D eigenvalue weighted by Crippen LogP contribution is 1.86. The molecule has 0 atom stereocenters. The summed E-state index contributed by atoms with van der Waals surface area (Å²) in [5.41, 5.74) is 2.24. The Bertz CT molecular complexity index is 166. The van der Waals surface area contributed by atoms with Crippen molar-refractivity contribution in [3.8, 4) is 0 Å². The van der Waals surface area contributed by atoms with Crippen LogP contribution in [0.25, 0.3) is 0 Å².